The van der Waals surface area contributed by atoms with Gasteiger partial charge < -0.3 is 35.1 Å². The summed E-state index contributed by atoms with van der Waals surface area (Å²) in [4.78, 5) is 31.0. The average Bonchev–Trinajstić information content (AvgIpc) is 3.46. The molecular formula is C32H33N5O5. The van der Waals surface area contributed by atoms with Gasteiger partial charge in [0, 0.05) is 59.9 Å². The van der Waals surface area contributed by atoms with Gasteiger partial charge in [0.25, 0.3) is 0 Å². The van der Waals surface area contributed by atoms with Gasteiger partial charge in [-0.1, -0.05) is 12.6 Å². The summed E-state index contributed by atoms with van der Waals surface area (Å²) in [6.45, 7) is 7.00. The molecule has 42 heavy (non-hydrogen) atoms. The van der Waals surface area contributed by atoms with E-state index in [2.05, 4.69) is 32.4 Å². The van der Waals surface area contributed by atoms with Crippen LogP contribution in [0.2, 0.25) is 0 Å². The van der Waals surface area contributed by atoms with Gasteiger partial charge in [-0.15, -0.1) is 0 Å². The van der Waals surface area contributed by atoms with Crippen molar-refractivity contribution in [1.29, 1.82) is 0 Å². The minimum atomic E-state index is -0.378. The molecule has 0 radical (unpaired) electrons. The normalized spacial score (nSPS) is 14.3. The largest absolute Gasteiger partial charge is 0.493 e. The molecule has 3 aromatic carbocycles. The van der Waals surface area contributed by atoms with E-state index in [0.717, 1.165) is 36.1 Å². The van der Waals surface area contributed by atoms with Crippen molar-refractivity contribution in [3.05, 3.63) is 85.1 Å². The summed E-state index contributed by atoms with van der Waals surface area (Å²) in [6.07, 6.45) is 3.82. The number of nitrogens with one attached hydrogen (secondary N) is 3. The zero-order valence-corrected chi connectivity index (χ0v) is 23.8. The smallest absolute Gasteiger partial charge is 0.323 e. The lowest BCUT2D eigenvalue weighted by Gasteiger charge is -2.19. The minimum Gasteiger partial charge on any atom is -0.493 e. The van der Waals surface area contributed by atoms with Crippen molar-refractivity contribution in [1.82, 2.24) is 10.3 Å². The average molecular weight is 568 g/mol. The van der Waals surface area contributed by atoms with Gasteiger partial charge in [0.2, 0.25) is 5.91 Å². The second-order valence-electron chi connectivity index (χ2n) is 9.89. The van der Waals surface area contributed by atoms with E-state index in [-0.39, 0.29) is 18.0 Å². The first-order chi connectivity index (χ1) is 20.4. The SMILES string of the molecule is C=CC(=O)NC1CCN(c2ccc(NC(=O)Nc3ccc(C)c(Oc4ccnc5cc(OC)c(OC)cc45)c3)cc2)C1. The number of methoxy groups -OCH3 is 2. The molecule has 1 unspecified atom stereocenters. The number of fused-ring (bicyclic) bond motifs is 1. The van der Waals surface area contributed by atoms with Crippen LogP contribution >= 0.6 is 0 Å². The zero-order valence-electron chi connectivity index (χ0n) is 23.8. The molecule has 1 atom stereocenters. The van der Waals surface area contributed by atoms with Crippen molar-refractivity contribution in [2.24, 2.45) is 0 Å². The van der Waals surface area contributed by atoms with Gasteiger partial charge in [0.05, 0.1) is 19.7 Å². The molecule has 0 saturated carbocycles. The molecule has 3 N–H and O–H groups in total. The van der Waals surface area contributed by atoms with Crippen LogP contribution in [-0.4, -0.2) is 50.3 Å². The van der Waals surface area contributed by atoms with Gasteiger partial charge in [-0.3, -0.25) is 9.78 Å². The van der Waals surface area contributed by atoms with E-state index >= 15 is 0 Å². The first-order valence-electron chi connectivity index (χ1n) is 13.5. The number of ether oxygens (including phenoxy) is 3. The molecule has 0 bridgehead atoms. The Labute approximate surface area is 244 Å². The molecule has 3 amide bonds. The van der Waals surface area contributed by atoms with Crippen LogP contribution in [0, 0.1) is 6.92 Å². The van der Waals surface area contributed by atoms with E-state index in [1.165, 1.54) is 6.08 Å². The van der Waals surface area contributed by atoms with Crippen molar-refractivity contribution in [2.45, 2.75) is 19.4 Å². The van der Waals surface area contributed by atoms with Gasteiger partial charge in [-0.2, -0.15) is 0 Å². The summed E-state index contributed by atoms with van der Waals surface area (Å²) in [5.41, 5.74) is 3.85. The van der Waals surface area contributed by atoms with Crippen LogP contribution in [0.15, 0.2) is 79.5 Å². The fourth-order valence-corrected chi connectivity index (χ4v) is 4.86. The lowest BCUT2D eigenvalue weighted by molar-refractivity contribution is -0.117. The first kappa shape index (κ1) is 28.3. The van der Waals surface area contributed by atoms with E-state index in [4.69, 9.17) is 14.2 Å². The third-order valence-corrected chi connectivity index (χ3v) is 7.08. The topological polar surface area (TPSA) is 114 Å². The van der Waals surface area contributed by atoms with Gasteiger partial charge in [-0.05, 0) is 67.4 Å². The molecular weight excluding hydrogens is 534 g/mol. The van der Waals surface area contributed by atoms with Crippen molar-refractivity contribution in [2.75, 3.05) is 42.8 Å². The number of anilines is 3. The number of amides is 3. The molecule has 4 aromatic rings. The minimum absolute atomic E-state index is 0.0890. The first-order valence-corrected chi connectivity index (χ1v) is 13.5. The zero-order chi connectivity index (χ0) is 29.6. The summed E-state index contributed by atoms with van der Waals surface area (Å²) in [6, 6.07) is 18.2. The highest BCUT2D eigenvalue weighted by atomic mass is 16.5. The molecule has 5 rings (SSSR count). The van der Waals surface area contributed by atoms with Crippen LogP contribution in [0.4, 0.5) is 21.9 Å². The Balaban J connectivity index is 1.23. The molecule has 216 valence electrons. The monoisotopic (exact) mass is 567 g/mol. The van der Waals surface area contributed by atoms with Crippen molar-refractivity contribution in [3.8, 4) is 23.0 Å². The number of carbonyl (C=O) groups is 2. The Bertz CT molecular complexity index is 1620. The summed E-state index contributed by atoms with van der Waals surface area (Å²) in [5, 5.41) is 9.45. The Hall–Kier alpha value is -5.25. The van der Waals surface area contributed by atoms with Crippen LogP contribution < -0.4 is 35.1 Å². The number of benzene rings is 3. The van der Waals surface area contributed by atoms with E-state index in [9.17, 15) is 9.59 Å². The standard InChI is InChI=1S/C32H33N5O5/c1-5-31(38)34-23-13-15-37(19-23)24-10-8-21(9-11-24)35-32(39)36-22-7-6-20(2)28(16-22)42-27-12-14-33-26-18-30(41-4)29(40-3)17-25(26)27/h5-12,14,16-18,23H,1,13,15,19H2,2-4H3,(H,34,38)(H2,35,36,39). The van der Waals surface area contributed by atoms with Gasteiger partial charge >= 0.3 is 6.03 Å². The van der Waals surface area contributed by atoms with Gasteiger partial charge in [-0.25, -0.2) is 4.79 Å². The molecule has 1 fully saturated rings. The van der Waals surface area contributed by atoms with E-state index < -0.39 is 0 Å². The summed E-state index contributed by atoms with van der Waals surface area (Å²) in [5.74, 6) is 2.18. The van der Waals surface area contributed by atoms with Crippen LogP contribution in [-0.2, 0) is 4.79 Å². The number of carbonyl (C=O) groups excluding carboxylic acids is 2. The third kappa shape index (κ3) is 6.38. The molecule has 0 spiro atoms. The Morgan fingerprint density at radius 3 is 2.38 bits per heavy atom. The second kappa shape index (κ2) is 12.5. The van der Waals surface area contributed by atoms with Crippen molar-refractivity contribution >= 4 is 39.9 Å². The van der Waals surface area contributed by atoms with Crippen molar-refractivity contribution in [3.63, 3.8) is 0 Å². The van der Waals surface area contributed by atoms with Crippen LogP contribution in [0.3, 0.4) is 0 Å². The van der Waals surface area contributed by atoms with Crippen molar-refractivity contribution < 1.29 is 23.8 Å². The molecule has 0 aliphatic carbocycles. The molecule has 1 saturated heterocycles. The third-order valence-electron chi connectivity index (χ3n) is 7.08. The predicted molar refractivity (Wildman–Crippen MR) is 164 cm³/mol. The van der Waals surface area contributed by atoms with Gasteiger partial charge in [0.1, 0.15) is 11.5 Å². The second-order valence-corrected chi connectivity index (χ2v) is 9.89. The highest BCUT2D eigenvalue weighted by molar-refractivity contribution is 6.00. The molecule has 1 aliphatic heterocycles. The molecule has 1 aliphatic rings. The van der Waals surface area contributed by atoms with Crippen LogP contribution in [0.1, 0.15) is 12.0 Å². The molecule has 10 heteroatoms. The number of nitrogens with zero attached hydrogens (tertiary/aromatic N) is 2. The number of urea groups is 1. The van der Waals surface area contributed by atoms with E-state index in [0.29, 0.717) is 39.9 Å². The fourth-order valence-electron chi connectivity index (χ4n) is 4.86. The highest BCUT2D eigenvalue weighted by Gasteiger charge is 2.23. The Morgan fingerprint density at radius 2 is 1.64 bits per heavy atom. The summed E-state index contributed by atoms with van der Waals surface area (Å²) < 4.78 is 17.1. The number of aromatic nitrogens is 1. The van der Waals surface area contributed by atoms with Crippen LogP contribution in [0.5, 0.6) is 23.0 Å². The van der Waals surface area contributed by atoms with Gasteiger partial charge in [0.15, 0.2) is 11.5 Å². The number of pyridine rings is 1. The molecule has 10 nitrogen and oxygen atoms in total. The number of hydrogen-bond donors (Lipinski definition) is 3. The maximum atomic E-state index is 12.8. The number of aryl methyl sites for hydroxylation is 1. The molecule has 2 heterocycles. The molecule has 1 aromatic heterocycles. The maximum Gasteiger partial charge on any atom is 0.323 e. The highest BCUT2D eigenvalue weighted by Crippen LogP contribution is 2.38. The lowest BCUT2D eigenvalue weighted by Crippen LogP contribution is -2.36. The number of rotatable bonds is 9. The van der Waals surface area contributed by atoms with E-state index in [1.54, 1.807) is 38.6 Å². The van der Waals surface area contributed by atoms with E-state index in [1.807, 2.05) is 49.4 Å². The fraction of sp³-hybridized carbons (Fsp3) is 0.219. The number of hydrogen-bond acceptors (Lipinski definition) is 7. The maximum absolute atomic E-state index is 12.8. The predicted octanol–water partition coefficient (Wildman–Crippen LogP) is 5.88. The summed E-state index contributed by atoms with van der Waals surface area (Å²) in [7, 11) is 3.16. The summed E-state index contributed by atoms with van der Waals surface area (Å²) >= 11 is 0. The van der Waals surface area contributed by atoms with Crippen LogP contribution in [0.25, 0.3) is 10.9 Å². The Morgan fingerprint density at radius 1 is 0.929 bits per heavy atom. The lowest BCUT2D eigenvalue weighted by atomic mass is 10.1. The Kier molecular flexibility index (Phi) is 8.42. The quantitative estimate of drug-likeness (QED) is 0.217.